The summed E-state index contributed by atoms with van der Waals surface area (Å²) in [5.74, 6) is -2.61. The average Bonchev–Trinajstić information content (AvgIpc) is 2.54. The van der Waals surface area contributed by atoms with Crippen LogP contribution in [0, 0.1) is 6.92 Å². The van der Waals surface area contributed by atoms with Crippen molar-refractivity contribution in [2.45, 2.75) is 13.0 Å². The van der Waals surface area contributed by atoms with E-state index in [-0.39, 0.29) is 11.1 Å². The number of amides is 2. The summed E-state index contributed by atoms with van der Waals surface area (Å²) in [6, 6.07) is 4.79. The van der Waals surface area contributed by atoms with E-state index in [4.69, 9.17) is 5.11 Å². The van der Waals surface area contributed by atoms with E-state index in [1.165, 1.54) is 6.07 Å². The molecule has 0 aromatic heterocycles. The zero-order chi connectivity index (χ0) is 13.4. The Morgan fingerprint density at radius 1 is 1.28 bits per heavy atom. The predicted octanol–water partition coefficient (Wildman–Crippen LogP) is 0.0365. The molecule has 0 radical (unpaired) electrons. The van der Waals surface area contributed by atoms with Crippen LogP contribution in [0.3, 0.4) is 0 Å². The van der Waals surface area contributed by atoms with Crippen molar-refractivity contribution in [1.29, 1.82) is 0 Å². The highest BCUT2D eigenvalue weighted by Gasteiger charge is 2.37. The number of benzene rings is 1. The minimum Gasteiger partial charge on any atom is -0.479 e. The van der Waals surface area contributed by atoms with E-state index in [0.717, 1.165) is 10.5 Å². The number of hydrogen-bond donors (Lipinski definition) is 2. The van der Waals surface area contributed by atoms with Crippen LogP contribution in [0.1, 0.15) is 26.3 Å². The molecular formula is C12H11NO5. The molecule has 1 aromatic rings. The normalized spacial score (nSPS) is 15.8. The molecule has 1 aliphatic heterocycles. The van der Waals surface area contributed by atoms with E-state index in [0.29, 0.717) is 0 Å². The Hall–Kier alpha value is -2.21. The Morgan fingerprint density at radius 2 is 1.89 bits per heavy atom. The summed E-state index contributed by atoms with van der Waals surface area (Å²) in [6.45, 7) is 1.24. The van der Waals surface area contributed by atoms with Crippen LogP contribution in [0.5, 0.6) is 0 Å². The van der Waals surface area contributed by atoms with Gasteiger partial charge in [0.25, 0.3) is 11.8 Å². The van der Waals surface area contributed by atoms with Crippen molar-refractivity contribution < 1.29 is 24.6 Å². The highest BCUT2D eigenvalue weighted by molar-refractivity contribution is 6.21. The van der Waals surface area contributed by atoms with Crippen molar-refractivity contribution in [1.82, 2.24) is 4.90 Å². The number of aliphatic carboxylic acids is 1. The second-order valence-corrected chi connectivity index (χ2v) is 4.12. The monoisotopic (exact) mass is 249 g/mol. The Kier molecular flexibility index (Phi) is 2.88. The van der Waals surface area contributed by atoms with Crippen molar-refractivity contribution in [3.8, 4) is 0 Å². The van der Waals surface area contributed by atoms with Crippen LogP contribution < -0.4 is 0 Å². The molecule has 1 unspecified atom stereocenters. The Morgan fingerprint density at radius 3 is 2.50 bits per heavy atom. The lowest BCUT2D eigenvalue weighted by Crippen LogP contribution is -2.40. The van der Waals surface area contributed by atoms with Gasteiger partial charge in [-0.2, -0.15) is 0 Å². The van der Waals surface area contributed by atoms with E-state index in [1.54, 1.807) is 19.1 Å². The lowest BCUT2D eigenvalue weighted by Gasteiger charge is -2.15. The van der Waals surface area contributed by atoms with E-state index < -0.39 is 30.4 Å². The molecule has 2 rings (SSSR count). The summed E-state index contributed by atoms with van der Waals surface area (Å²) in [5, 5.41) is 17.8. The fraction of sp³-hybridized carbons (Fsp3) is 0.250. The number of carbonyl (C=O) groups is 3. The smallest absolute Gasteiger partial charge is 0.334 e. The van der Waals surface area contributed by atoms with Crippen LogP contribution in [0.25, 0.3) is 0 Å². The summed E-state index contributed by atoms with van der Waals surface area (Å²) < 4.78 is 0. The molecule has 1 heterocycles. The average molecular weight is 249 g/mol. The van der Waals surface area contributed by atoms with Gasteiger partial charge in [0.1, 0.15) is 0 Å². The maximum atomic E-state index is 11.9. The van der Waals surface area contributed by atoms with Gasteiger partial charge in [0.15, 0.2) is 6.10 Å². The summed E-state index contributed by atoms with van der Waals surface area (Å²) in [4.78, 5) is 35.1. The van der Waals surface area contributed by atoms with Gasteiger partial charge in [-0.15, -0.1) is 0 Å². The van der Waals surface area contributed by atoms with Crippen molar-refractivity contribution in [3.05, 3.63) is 34.9 Å². The summed E-state index contributed by atoms with van der Waals surface area (Å²) in [5.41, 5.74) is 1.32. The highest BCUT2D eigenvalue weighted by atomic mass is 16.4. The molecule has 6 heteroatoms. The zero-order valence-corrected chi connectivity index (χ0v) is 9.58. The third-order valence-corrected chi connectivity index (χ3v) is 2.77. The van der Waals surface area contributed by atoms with Crippen molar-refractivity contribution in [2.24, 2.45) is 0 Å². The molecule has 2 N–H and O–H groups in total. The van der Waals surface area contributed by atoms with Crippen LogP contribution in [-0.4, -0.2) is 45.5 Å². The van der Waals surface area contributed by atoms with Crippen LogP contribution in [0.4, 0.5) is 0 Å². The number of hydrogen-bond acceptors (Lipinski definition) is 4. The van der Waals surface area contributed by atoms with Gasteiger partial charge in [-0.25, -0.2) is 4.79 Å². The molecule has 1 atom stereocenters. The Bertz CT molecular complexity index is 551. The third-order valence-electron chi connectivity index (χ3n) is 2.77. The number of aliphatic hydroxyl groups is 1. The van der Waals surface area contributed by atoms with Crippen molar-refractivity contribution in [2.75, 3.05) is 6.54 Å². The molecular weight excluding hydrogens is 238 g/mol. The van der Waals surface area contributed by atoms with Gasteiger partial charge in [-0.3, -0.25) is 14.5 Å². The van der Waals surface area contributed by atoms with Gasteiger partial charge in [0.05, 0.1) is 17.7 Å². The first-order valence-electron chi connectivity index (χ1n) is 5.29. The fourth-order valence-electron chi connectivity index (χ4n) is 1.82. The number of imide groups is 1. The molecule has 0 aliphatic carbocycles. The van der Waals surface area contributed by atoms with Gasteiger partial charge < -0.3 is 10.2 Å². The second-order valence-electron chi connectivity index (χ2n) is 4.12. The molecule has 2 amide bonds. The largest absolute Gasteiger partial charge is 0.479 e. The number of carbonyl (C=O) groups excluding carboxylic acids is 2. The maximum Gasteiger partial charge on any atom is 0.334 e. The number of carboxylic acids is 1. The van der Waals surface area contributed by atoms with E-state index in [9.17, 15) is 19.5 Å². The minimum atomic E-state index is -1.77. The molecule has 0 fully saturated rings. The lowest BCUT2D eigenvalue weighted by atomic mass is 10.1. The number of aliphatic hydroxyl groups excluding tert-OH is 1. The molecule has 1 aromatic carbocycles. The molecule has 0 saturated heterocycles. The minimum absolute atomic E-state index is 0.239. The standard InChI is InChI=1S/C12H11NO5/c1-6-2-3-7-8(4-6)11(16)13(10(7)15)5-9(14)12(17)18/h2-4,9,14H,5H2,1H3,(H,17,18). The van der Waals surface area contributed by atoms with Gasteiger partial charge in [-0.1, -0.05) is 11.6 Å². The van der Waals surface area contributed by atoms with Gasteiger partial charge in [0, 0.05) is 0 Å². The molecule has 18 heavy (non-hydrogen) atoms. The molecule has 6 nitrogen and oxygen atoms in total. The highest BCUT2D eigenvalue weighted by Crippen LogP contribution is 2.23. The van der Waals surface area contributed by atoms with E-state index in [1.807, 2.05) is 0 Å². The van der Waals surface area contributed by atoms with Crippen LogP contribution in [-0.2, 0) is 4.79 Å². The Labute approximate surface area is 102 Å². The molecule has 0 saturated carbocycles. The SMILES string of the molecule is Cc1ccc2c(c1)C(=O)N(CC(O)C(=O)O)C2=O. The summed E-state index contributed by atoms with van der Waals surface area (Å²) >= 11 is 0. The summed E-state index contributed by atoms with van der Waals surface area (Å²) in [7, 11) is 0. The predicted molar refractivity (Wildman–Crippen MR) is 60.2 cm³/mol. The topological polar surface area (TPSA) is 94.9 Å². The number of aryl methyl sites for hydroxylation is 1. The fourth-order valence-corrected chi connectivity index (χ4v) is 1.82. The lowest BCUT2D eigenvalue weighted by molar-refractivity contribution is -0.146. The van der Waals surface area contributed by atoms with Crippen molar-refractivity contribution in [3.63, 3.8) is 0 Å². The second kappa shape index (κ2) is 4.23. The van der Waals surface area contributed by atoms with E-state index in [2.05, 4.69) is 0 Å². The number of nitrogens with zero attached hydrogens (tertiary/aromatic N) is 1. The Balaban J connectivity index is 2.31. The first-order valence-corrected chi connectivity index (χ1v) is 5.29. The molecule has 0 spiro atoms. The summed E-state index contributed by atoms with van der Waals surface area (Å²) in [6.07, 6.45) is -1.77. The molecule has 0 bridgehead atoms. The number of rotatable bonds is 3. The van der Waals surface area contributed by atoms with Gasteiger partial charge in [-0.05, 0) is 19.1 Å². The number of β-amino-alcohol motifs (C(OH)–C–C–N with tert-alkyl or cyclic N) is 1. The van der Waals surface area contributed by atoms with Crippen LogP contribution in [0.2, 0.25) is 0 Å². The zero-order valence-electron chi connectivity index (χ0n) is 9.58. The van der Waals surface area contributed by atoms with Crippen molar-refractivity contribution >= 4 is 17.8 Å². The first-order chi connectivity index (χ1) is 8.41. The van der Waals surface area contributed by atoms with E-state index >= 15 is 0 Å². The maximum absolute atomic E-state index is 11.9. The first kappa shape index (κ1) is 12.3. The number of fused-ring (bicyclic) bond motifs is 1. The van der Waals surface area contributed by atoms with Gasteiger partial charge >= 0.3 is 5.97 Å². The van der Waals surface area contributed by atoms with Crippen LogP contribution in [0.15, 0.2) is 18.2 Å². The molecule has 94 valence electrons. The number of carboxylic acid groups (broad SMARTS) is 1. The quantitative estimate of drug-likeness (QED) is 0.737. The van der Waals surface area contributed by atoms with Crippen LogP contribution >= 0.6 is 0 Å². The third kappa shape index (κ3) is 1.86. The molecule has 1 aliphatic rings. The van der Waals surface area contributed by atoms with Gasteiger partial charge in [0.2, 0.25) is 0 Å².